The van der Waals surface area contributed by atoms with Crippen molar-refractivity contribution in [3.63, 3.8) is 0 Å². The number of carbonyl (C=O) groups excluding carboxylic acids is 1. The molecule has 1 aliphatic heterocycles. The third kappa shape index (κ3) is 3.35. The van der Waals surface area contributed by atoms with Gasteiger partial charge in [-0.05, 0) is 51.0 Å². The monoisotopic (exact) mass is 291 g/mol. The number of ether oxygens (including phenoxy) is 1. The van der Waals surface area contributed by atoms with Gasteiger partial charge in [0.25, 0.3) is 5.91 Å². The van der Waals surface area contributed by atoms with Gasteiger partial charge in [0.05, 0.1) is 12.0 Å². The van der Waals surface area contributed by atoms with Crippen molar-refractivity contribution in [2.75, 3.05) is 19.7 Å². The first-order valence-corrected chi connectivity index (χ1v) is 7.22. The normalized spacial score (nSPS) is 17.3. The smallest absolute Gasteiger partial charge is 0.309 e. The highest BCUT2D eigenvalue weighted by molar-refractivity contribution is 5.94. The quantitative estimate of drug-likeness (QED) is 0.925. The highest BCUT2D eigenvalue weighted by Crippen LogP contribution is 2.31. The zero-order valence-electron chi connectivity index (χ0n) is 12.5. The molecule has 0 unspecified atom stereocenters. The van der Waals surface area contributed by atoms with Gasteiger partial charge in [-0.3, -0.25) is 9.59 Å². The molecule has 21 heavy (non-hydrogen) atoms. The fraction of sp³-hybridized carbons (Fsp3) is 0.500. The molecule has 1 heterocycles. The second-order valence-corrected chi connectivity index (χ2v) is 5.62. The molecule has 0 aliphatic carbocycles. The van der Waals surface area contributed by atoms with E-state index in [0.717, 1.165) is 5.75 Å². The van der Waals surface area contributed by atoms with Gasteiger partial charge in [-0.25, -0.2) is 0 Å². The number of carboxylic acids is 1. The Hall–Kier alpha value is -2.04. The fourth-order valence-corrected chi connectivity index (χ4v) is 2.46. The van der Waals surface area contributed by atoms with Gasteiger partial charge in [-0.15, -0.1) is 0 Å². The summed E-state index contributed by atoms with van der Waals surface area (Å²) in [5.41, 5.74) is -0.104. The van der Waals surface area contributed by atoms with Crippen LogP contribution in [0.1, 0.15) is 37.0 Å². The first-order chi connectivity index (χ1) is 9.96. The molecule has 0 saturated carbocycles. The second kappa shape index (κ2) is 6.16. The number of nitrogens with zero attached hydrogens (tertiary/aromatic N) is 1. The van der Waals surface area contributed by atoms with Crippen LogP contribution >= 0.6 is 0 Å². The maximum Gasteiger partial charge on any atom is 0.309 e. The lowest BCUT2D eigenvalue weighted by molar-refractivity contribution is -0.150. The number of likely N-dealkylation sites (tertiary alicyclic amines) is 1. The van der Waals surface area contributed by atoms with E-state index in [1.165, 1.54) is 0 Å². The summed E-state index contributed by atoms with van der Waals surface area (Å²) < 4.78 is 5.35. The molecule has 2 rings (SSSR count). The maximum absolute atomic E-state index is 12.4. The van der Waals surface area contributed by atoms with Crippen LogP contribution in [0.25, 0.3) is 0 Å². The number of carbonyl (C=O) groups is 2. The Kier molecular flexibility index (Phi) is 4.50. The summed E-state index contributed by atoms with van der Waals surface area (Å²) in [6, 6.07) is 7.06. The summed E-state index contributed by atoms with van der Waals surface area (Å²) in [6.07, 6.45) is 0.982. The predicted octanol–water partition coefficient (Wildman–Crippen LogP) is 2.41. The van der Waals surface area contributed by atoms with Crippen molar-refractivity contribution >= 4 is 11.9 Å². The number of benzene rings is 1. The summed E-state index contributed by atoms with van der Waals surface area (Å²) in [5, 5.41) is 9.20. The molecule has 0 spiro atoms. The average Bonchev–Trinajstić information content (AvgIpc) is 2.48. The van der Waals surface area contributed by atoms with E-state index in [4.69, 9.17) is 4.74 Å². The lowest BCUT2D eigenvalue weighted by Gasteiger charge is -2.36. The van der Waals surface area contributed by atoms with Crippen molar-refractivity contribution in [3.05, 3.63) is 29.8 Å². The number of piperidine rings is 1. The highest BCUT2D eigenvalue weighted by atomic mass is 16.5. The number of aliphatic carboxylic acids is 1. The van der Waals surface area contributed by atoms with Crippen LogP contribution in [0.4, 0.5) is 0 Å². The Labute approximate surface area is 124 Å². The summed E-state index contributed by atoms with van der Waals surface area (Å²) in [7, 11) is 0. The van der Waals surface area contributed by atoms with Gasteiger partial charge in [-0.1, -0.05) is 0 Å². The molecule has 0 radical (unpaired) electrons. The Balaban J connectivity index is 2.00. The van der Waals surface area contributed by atoms with Crippen LogP contribution in [-0.4, -0.2) is 41.6 Å². The Morgan fingerprint density at radius 3 is 2.29 bits per heavy atom. The largest absolute Gasteiger partial charge is 0.494 e. The third-order valence-corrected chi connectivity index (χ3v) is 4.08. The number of hydrogen-bond donors (Lipinski definition) is 1. The minimum Gasteiger partial charge on any atom is -0.494 e. The predicted molar refractivity (Wildman–Crippen MR) is 78.5 cm³/mol. The Bertz CT molecular complexity index is 516. The molecular formula is C16H21NO4. The molecular weight excluding hydrogens is 270 g/mol. The Morgan fingerprint density at radius 2 is 1.81 bits per heavy atom. The molecule has 0 atom stereocenters. The fourth-order valence-electron chi connectivity index (χ4n) is 2.46. The van der Waals surface area contributed by atoms with Crippen molar-refractivity contribution < 1.29 is 19.4 Å². The first-order valence-electron chi connectivity index (χ1n) is 7.22. The first kappa shape index (κ1) is 15.4. The topological polar surface area (TPSA) is 66.8 Å². The van der Waals surface area contributed by atoms with Crippen LogP contribution in [0.15, 0.2) is 24.3 Å². The highest BCUT2D eigenvalue weighted by Gasteiger charge is 2.38. The number of amides is 1. The van der Waals surface area contributed by atoms with Crippen LogP contribution < -0.4 is 4.74 Å². The maximum atomic E-state index is 12.4. The van der Waals surface area contributed by atoms with Crippen molar-refractivity contribution in [1.29, 1.82) is 0 Å². The van der Waals surface area contributed by atoms with E-state index in [-0.39, 0.29) is 5.91 Å². The zero-order valence-corrected chi connectivity index (χ0v) is 12.5. The molecule has 0 aromatic heterocycles. The van der Waals surface area contributed by atoms with Gasteiger partial charge in [0.2, 0.25) is 0 Å². The molecule has 1 fully saturated rings. The van der Waals surface area contributed by atoms with Crippen LogP contribution in [0.3, 0.4) is 0 Å². The molecule has 5 nitrogen and oxygen atoms in total. The van der Waals surface area contributed by atoms with Gasteiger partial charge in [0.1, 0.15) is 5.75 Å². The lowest BCUT2D eigenvalue weighted by atomic mass is 9.80. The van der Waals surface area contributed by atoms with Gasteiger partial charge >= 0.3 is 5.97 Å². The van der Waals surface area contributed by atoms with Crippen molar-refractivity contribution in [2.24, 2.45) is 5.41 Å². The van der Waals surface area contributed by atoms with Crippen LogP contribution in [0.2, 0.25) is 0 Å². The molecule has 114 valence electrons. The van der Waals surface area contributed by atoms with Crippen molar-refractivity contribution in [3.8, 4) is 5.75 Å². The number of carboxylic acid groups (broad SMARTS) is 1. The van der Waals surface area contributed by atoms with E-state index in [0.29, 0.717) is 38.1 Å². The van der Waals surface area contributed by atoms with Crippen LogP contribution in [-0.2, 0) is 4.79 Å². The molecule has 1 aromatic carbocycles. The standard InChI is InChI=1S/C16H21NO4/c1-3-21-13-6-4-12(5-7-13)14(18)17-10-8-16(2,9-11-17)15(19)20/h4-7H,3,8-11H2,1-2H3,(H,19,20). The van der Waals surface area contributed by atoms with E-state index in [9.17, 15) is 14.7 Å². The molecule has 1 aliphatic rings. The zero-order chi connectivity index (χ0) is 15.5. The molecule has 1 amide bonds. The van der Waals surface area contributed by atoms with E-state index >= 15 is 0 Å². The molecule has 1 saturated heterocycles. The van der Waals surface area contributed by atoms with Crippen molar-refractivity contribution in [1.82, 2.24) is 4.90 Å². The van der Waals surface area contributed by atoms with Crippen LogP contribution in [0.5, 0.6) is 5.75 Å². The SMILES string of the molecule is CCOc1ccc(C(=O)N2CCC(C)(C(=O)O)CC2)cc1. The molecule has 1 N–H and O–H groups in total. The summed E-state index contributed by atoms with van der Waals surface area (Å²) in [6.45, 7) is 5.21. The minimum absolute atomic E-state index is 0.0505. The average molecular weight is 291 g/mol. The van der Waals surface area contributed by atoms with Gasteiger partial charge in [0.15, 0.2) is 0 Å². The number of hydrogen-bond acceptors (Lipinski definition) is 3. The molecule has 5 heteroatoms. The van der Waals surface area contributed by atoms with Crippen LogP contribution in [0, 0.1) is 5.41 Å². The summed E-state index contributed by atoms with van der Waals surface area (Å²) >= 11 is 0. The third-order valence-electron chi connectivity index (χ3n) is 4.08. The lowest BCUT2D eigenvalue weighted by Crippen LogP contribution is -2.45. The van der Waals surface area contributed by atoms with E-state index in [1.54, 1.807) is 36.1 Å². The van der Waals surface area contributed by atoms with E-state index < -0.39 is 11.4 Å². The van der Waals surface area contributed by atoms with E-state index in [2.05, 4.69) is 0 Å². The van der Waals surface area contributed by atoms with Crippen molar-refractivity contribution in [2.45, 2.75) is 26.7 Å². The van der Waals surface area contributed by atoms with Gasteiger partial charge < -0.3 is 14.7 Å². The summed E-state index contributed by atoms with van der Waals surface area (Å²) in [4.78, 5) is 25.3. The molecule has 1 aromatic rings. The second-order valence-electron chi connectivity index (χ2n) is 5.62. The van der Waals surface area contributed by atoms with Gasteiger partial charge in [0, 0.05) is 18.7 Å². The summed E-state index contributed by atoms with van der Waals surface area (Å²) in [5.74, 6) is -0.0905. The molecule has 0 bridgehead atoms. The minimum atomic E-state index is -0.782. The van der Waals surface area contributed by atoms with E-state index in [1.807, 2.05) is 6.92 Å². The van der Waals surface area contributed by atoms with Gasteiger partial charge in [-0.2, -0.15) is 0 Å². The Morgan fingerprint density at radius 1 is 1.24 bits per heavy atom. The number of rotatable bonds is 4.